The first-order valence-corrected chi connectivity index (χ1v) is 11.3. The van der Waals surface area contributed by atoms with Gasteiger partial charge in [0.2, 0.25) is 5.91 Å². The Morgan fingerprint density at radius 1 is 1.07 bits per heavy atom. The van der Waals surface area contributed by atoms with Gasteiger partial charge in [0.1, 0.15) is 0 Å². The van der Waals surface area contributed by atoms with Crippen molar-refractivity contribution in [3.8, 4) is 0 Å². The summed E-state index contributed by atoms with van der Waals surface area (Å²) < 4.78 is 1.14. The molecule has 0 aliphatic rings. The van der Waals surface area contributed by atoms with Crippen LogP contribution in [0, 0.1) is 6.92 Å². The lowest BCUT2D eigenvalue weighted by Crippen LogP contribution is -2.36. The number of halogens is 1. The molecule has 0 unspecified atom stereocenters. The van der Waals surface area contributed by atoms with Gasteiger partial charge in [0.15, 0.2) is 5.13 Å². The SMILES string of the molecule is Cc1cccc2sc(N(CCN(C)C)C(=O)CCCSc3ccccc3)nc12.Cl. The largest absolute Gasteiger partial charge is 0.308 e. The van der Waals surface area contributed by atoms with E-state index in [-0.39, 0.29) is 18.3 Å². The molecule has 0 N–H and O–H groups in total. The fourth-order valence-corrected chi connectivity index (χ4v) is 4.84. The van der Waals surface area contributed by atoms with Crippen molar-refractivity contribution in [2.75, 3.05) is 37.8 Å². The first-order valence-electron chi connectivity index (χ1n) is 9.53. The van der Waals surface area contributed by atoms with Gasteiger partial charge in [0.25, 0.3) is 0 Å². The second-order valence-electron chi connectivity index (χ2n) is 7.03. The number of likely N-dealkylation sites (N-methyl/N-ethyl adjacent to an activating group) is 1. The highest BCUT2D eigenvalue weighted by atomic mass is 35.5. The molecule has 7 heteroatoms. The number of amides is 1. The van der Waals surface area contributed by atoms with Gasteiger partial charge in [-0.15, -0.1) is 24.2 Å². The molecule has 0 radical (unpaired) electrons. The van der Waals surface area contributed by atoms with E-state index in [0.717, 1.165) is 39.6 Å². The Morgan fingerprint density at radius 2 is 1.83 bits per heavy atom. The second-order valence-corrected chi connectivity index (χ2v) is 9.21. The minimum absolute atomic E-state index is 0. The summed E-state index contributed by atoms with van der Waals surface area (Å²) in [7, 11) is 4.06. The number of thioether (sulfide) groups is 1. The van der Waals surface area contributed by atoms with Gasteiger partial charge in [0.05, 0.1) is 10.2 Å². The van der Waals surface area contributed by atoms with Crippen LogP contribution in [-0.2, 0) is 4.79 Å². The van der Waals surface area contributed by atoms with Crippen LogP contribution in [-0.4, -0.2) is 48.7 Å². The first-order chi connectivity index (χ1) is 13.5. The molecule has 0 bridgehead atoms. The van der Waals surface area contributed by atoms with Crippen LogP contribution in [0.25, 0.3) is 10.2 Å². The minimum atomic E-state index is 0. The summed E-state index contributed by atoms with van der Waals surface area (Å²) in [4.78, 5) is 23.0. The number of hydrogen-bond acceptors (Lipinski definition) is 5. The van der Waals surface area contributed by atoms with E-state index in [4.69, 9.17) is 4.98 Å². The summed E-state index contributed by atoms with van der Waals surface area (Å²) in [6.07, 6.45) is 1.41. The predicted molar refractivity (Wildman–Crippen MR) is 129 cm³/mol. The smallest absolute Gasteiger partial charge is 0.228 e. The van der Waals surface area contributed by atoms with Crippen LogP contribution >= 0.6 is 35.5 Å². The number of benzene rings is 2. The summed E-state index contributed by atoms with van der Waals surface area (Å²) in [6, 6.07) is 16.5. The summed E-state index contributed by atoms with van der Waals surface area (Å²) in [5.74, 6) is 1.10. The third-order valence-electron chi connectivity index (χ3n) is 4.46. The van der Waals surface area contributed by atoms with Gasteiger partial charge in [-0.1, -0.05) is 41.7 Å². The monoisotopic (exact) mass is 449 g/mol. The zero-order valence-electron chi connectivity index (χ0n) is 17.1. The molecule has 0 aliphatic heterocycles. The van der Waals surface area contributed by atoms with Crippen molar-refractivity contribution in [2.45, 2.75) is 24.7 Å². The minimum Gasteiger partial charge on any atom is -0.308 e. The van der Waals surface area contributed by atoms with E-state index >= 15 is 0 Å². The normalized spacial score (nSPS) is 10.9. The Morgan fingerprint density at radius 3 is 2.52 bits per heavy atom. The Labute approximate surface area is 187 Å². The standard InChI is InChI=1S/C22H27N3OS2.ClH/c1-17-9-7-12-19-21(17)23-22(28-19)25(15-14-24(2)3)20(26)13-8-16-27-18-10-5-4-6-11-18;/h4-7,9-12H,8,13-16H2,1-3H3;1H. The van der Waals surface area contributed by atoms with Crippen molar-refractivity contribution in [1.29, 1.82) is 0 Å². The first kappa shape index (κ1) is 23.7. The summed E-state index contributed by atoms with van der Waals surface area (Å²) in [5.41, 5.74) is 2.16. The maximum Gasteiger partial charge on any atom is 0.228 e. The number of rotatable bonds is 9. The number of para-hydroxylation sites is 1. The fourth-order valence-electron chi connectivity index (χ4n) is 2.88. The third kappa shape index (κ3) is 6.71. The number of aromatic nitrogens is 1. The van der Waals surface area contributed by atoms with E-state index in [0.29, 0.717) is 13.0 Å². The van der Waals surface area contributed by atoms with Crippen LogP contribution in [0.4, 0.5) is 5.13 Å². The highest BCUT2D eigenvalue weighted by molar-refractivity contribution is 7.99. The average Bonchev–Trinajstić information content (AvgIpc) is 3.11. The zero-order chi connectivity index (χ0) is 19.9. The van der Waals surface area contributed by atoms with Gasteiger partial charge in [0, 0.05) is 24.4 Å². The molecule has 3 aromatic rings. The van der Waals surface area contributed by atoms with E-state index in [1.807, 2.05) is 43.3 Å². The number of fused-ring (bicyclic) bond motifs is 1. The number of carbonyl (C=O) groups excluding carboxylic acids is 1. The lowest BCUT2D eigenvalue weighted by atomic mass is 10.2. The lowest BCUT2D eigenvalue weighted by Gasteiger charge is -2.22. The molecule has 0 aliphatic carbocycles. The number of thiazole rings is 1. The number of aryl methyl sites for hydroxylation is 1. The van der Waals surface area contributed by atoms with Crippen LogP contribution in [0.3, 0.4) is 0 Å². The fraction of sp³-hybridized carbons (Fsp3) is 0.364. The molecule has 2 aromatic carbocycles. The molecule has 1 amide bonds. The van der Waals surface area contributed by atoms with Crippen molar-refractivity contribution in [3.05, 3.63) is 54.1 Å². The Balaban J connectivity index is 0.00000300. The summed E-state index contributed by atoms with van der Waals surface area (Å²) in [6.45, 7) is 3.55. The topological polar surface area (TPSA) is 36.4 Å². The molecule has 156 valence electrons. The van der Waals surface area contributed by atoms with Crippen molar-refractivity contribution in [2.24, 2.45) is 0 Å². The molecule has 0 atom stereocenters. The molecule has 0 saturated carbocycles. The molecule has 0 spiro atoms. The van der Waals surface area contributed by atoms with Crippen LogP contribution in [0.5, 0.6) is 0 Å². The van der Waals surface area contributed by atoms with Gasteiger partial charge in [-0.2, -0.15) is 0 Å². The quantitative estimate of drug-likeness (QED) is 0.319. The van der Waals surface area contributed by atoms with Gasteiger partial charge >= 0.3 is 0 Å². The molecule has 3 rings (SSSR count). The van der Waals surface area contributed by atoms with Crippen LogP contribution in [0.15, 0.2) is 53.4 Å². The molecule has 0 fully saturated rings. The van der Waals surface area contributed by atoms with Crippen LogP contribution < -0.4 is 4.90 Å². The lowest BCUT2D eigenvalue weighted by molar-refractivity contribution is -0.118. The van der Waals surface area contributed by atoms with Gasteiger partial charge < -0.3 is 4.90 Å². The van der Waals surface area contributed by atoms with Crippen molar-refractivity contribution in [1.82, 2.24) is 9.88 Å². The van der Waals surface area contributed by atoms with Gasteiger partial charge in [-0.3, -0.25) is 9.69 Å². The molecular weight excluding hydrogens is 422 g/mol. The van der Waals surface area contributed by atoms with E-state index < -0.39 is 0 Å². The Kier molecular flexibility index (Phi) is 9.43. The average molecular weight is 450 g/mol. The van der Waals surface area contributed by atoms with Crippen molar-refractivity contribution in [3.63, 3.8) is 0 Å². The zero-order valence-corrected chi connectivity index (χ0v) is 19.6. The maximum absolute atomic E-state index is 13.0. The second kappa shape index (κ2) is 11.6. The summed E-state index contributed by atoms with van der Waals surface area (Å²) >= 11 is 3.41. The molecule has 0 saturated heterocycles. The molecule has 1 heterocycles. The predicted octanol–water partition coefficient (Wildman–Crippen LogP) is 5.49. The van der Waals surface area contributed by atoms with Gasteiger partial charge in [-0.05, 0) is 57.0 Å². The Hall–Kier alpha value is -1.60. The van der Waals surface area contributed by atoms with E-state index in [9.17, 15) is 4.79 Å². The number of nitrogens with zero attached hydrogens (tertiary/aromatic N) is 3. The number of carbonyl (C=O) groups is 1. The third-order valence-corrected chi connectivity index (χ3v) is 6.60. The van der Waals surface area contributed by atoms with Crippen molar-refractivity contribution < 1.29 is 4.79 Å². The van der Waals surface area contributed by atoms with E-state index in [1.54, 1.807) is 23.1 Å². The van der Waals surface area contributed by atoms with E-state index in [1.165, 1.54) is 4.90 Å². The van der Waals surface area contributed by atoms with Gasteiger partial charge in [-0.25, -0.2) is 4.98 Å². The highest BCUT2D eigenvalue weighted by Crippen LogP contribution is 2.31. The van der Waals surface area contributed by atoms with Crippen molar-refractivity contribution >= 4 is 56.8 Å². The maximum atomic E-state index is 13.0. The summed E-state index contributed by atoms with van der Waals surface area (Å²) in [5, 5.41) is 0.812. The molecule has 29 heavy (non-hydrogen) atoms. The molecule has 1 aromatic heterocycles. The highest BCUT2D eigenvalue weighted by Gasteiger charge is 2.20. The van der Waals surface area contributed by atoms with E-state index in [2.05, 4.69) is 36.1 Å². The molecule has 4 nitrogen and oxygen atoms in total. The Bertz CT molecular complexity index is 915. The van der Waals surface area contributed by atoms with Crippen LogP contribution in [0.1, 0.15) is 18.4 Å². The number of anilines is 1. The number of hydrogen-bond donors (Lipinski definition) is 0. The van der Waals surface area contributed by atoms with Crippen LogP contribution in [0.2, 0.25) is 0 Å². The molecular formula is C22H28ClN3OS2.